The van der Waals surface area contributed by atoms with E-state index < -0.39 is 23.9 Å². The molecule has 0 saturated heterocycles. The van der Waals surface area contributed by atoms with Crippen molar-refractivity contribution < 1.29 is 23.5 Å². The molecule has 1 aliphatic carbocycles. The van der Waals surface area contributed by atoms with Crippen molar-refractivity contribution in [3.63, 3.8) is 0 Å². The normalized spacial score (nSPS) is 14.7. The maximum absolute atomic E-state index is 13.3. The van der Waals surface area contributed by atoms with Gasteiger partial charge in [-0.1, -0.05) is 42.7 Å². The Hall–Kier alpha value is -3.22. The Morgan fingerprint density at radius 3 is 2.26 bits per heavy atom. The largest absolute Gasteiger partial charge is 0.455 e. The predicted octanol–water partition coefficient (Wildman–Crippen LogP) is 3.59. The summed E-state index contributed by atoms with van der Waals surface area (Å²) >= 11 is 0. The molecule has 0 atom stereocenters. The van der Waals surface area contributed by atoms with E-state index in [1.807, 2.05) is 19.1 Å². The molecule has 1 aliphatic rings. The molecule has 0 aromatic heterocycles. The van der Waals surface area contributed by atoms with Gasteiger partial charge in [-0.05, 0) is 49.6 Å². The second-order valence-electron chi connectivity index (χ2n) is 8.04. The summed E-state index contributed by atoms with van der Waals surface area (Å²) in [5, 5.41) is 2.73. The Bertz CT molecular complexity index is 935. The van der Waals surface area contributed by atoms with E-state index >= 15 is 0 Å². The number of carbonyl (C=O) groups excluding carboxylic acids is 3. The lowest BCUT2D eigenvalue weighted by molar-refractivity contribution is -0.156. The molecule has 0 unspecified atom stereocenters. The molecule has 6 nitrogen and oxygen atoms in total. The molecule has 3 rings (SSSR count). The van der Waals surface area contributed by atoms with Gasteiger partial charge >= 0.3 is 5.97 Å². The zero-order valence-electron chi connectivity index (χ0n) is 17.8. The Balaban J connectivity index is 1.54. The van der Waals surface area contributed by atoms with Gasteiger partial charge in [0.2, 0.25) is 5.91 Å². The molecule has 0 heterocycles. The number of ether oxygens (including phenoxy) is 1. The molecular formula is C24H27FN2O4. The fraction of sp³-hybridized carbons (Fsp3) is 0.375. The summed E-state index contributed by atoms with van der Waals surface area (Å²) in [5.74, 6) is -1.67. The summed E-state index contributed by atoms with van der Waals surface area (Å²) in [6, 6.07) is 13.2. The summed E-state index contributed by atoms with van der Waals surface area (Å²) in [5.41, 5.74) is 1.57. The van der Waals surface area contributed by atoms with E-state index in [0.717, 1.165) is 18.4 Å². The third-order valence-corrected chi connectivity index (χ3v) is 5.71. The monoisotopic (exact) mass is 426 g/mol. The van der Waals surface area contributed by atoms with Gasteiger partial charge in [0.1, 0.15) is 5.82 Å². The Morgan fingerprint density at radius 2 is 1.65 bits per heavy atom. The molecule has 2 aromatic rings. The molecule has 2 aromatic carbocycles. The number of halogens is 1. The zero-order valence-corrected chi connectivity index (χ0v) is 17.8. The van der Waals surface area contributed by atoms with Crippen LogP contribution in [0, 0.1) is 12.7 Å². The quantitative estimate of drug-likeness (QED) is 0.687. The highest BCUT2D eigenvalue weighted by atomic mass is 19.1. The van der Waals surface area contributed by atoms with E-state index in [4.69, 9.17) is 4.74 Å². The van der Waals surface area contributed by atoms with Gasteiger partial charge in [-0.3, -0.25) is 14.4 Å². The van der Waals surface area contributed by atoms with Gasteiger partial charge in [0, 0.05) is 12.7 Å². The lowest BCUT2D eigenvalue weighted by atomic mass is 9.79. The average molecular weight is 426 g/mol. The molecule has 0 bridgehead atoms. The molecule has 0 aliphatic heterocycles. The number of nitrogens with one attached hydrogen (secondary N) is 1. The van der Waals surface area contributed by atoms with Gasteiger partial charge in [0.15, 0.2) is 6.61 Å². The van der Waals surface area contributed by atoms with Crippen LogP contribution >= 0.6 is 0 Å². The highest BCUT2D eigenvalue weighted by Gasteiger charge is 2.44. The third-order valence-electron chi connectivity index (χ3n) is 5.71. The molecule has 164 valence electrons. The second kappa shape index (κ2) is 9.73. The van der Waals surface area contributed by atoms with E-state index in [9.17, 15) is 18.8 Å². The van der Waals surface area contributed by atoms with Crippen LogP contribution in [0.25, 0.3) is 0 Å². The number of carbonyl (C=O) groups is 3. The molecule has 1 N–H and O–H groups in total. The first-order valence-corrected chi connectivity index (χ1v) is 10.3. The number of benzene rings is 2. The lowest BCUT2D eigenvalue weighted by Gasteiger charge is -2.27. The van der Waals surface area contributed by atoms with Crippen LogP contribution in [0.3, 0.4) is 0 Å². The van der Waals surface area contributed by atoms with Crippen LogP contribution in [0.1, 0.15) is 36.8 Å². The van der Waals surface area contributed by atoms with Crippen LogP contribution in [0.15, 0.2) is 48.5 Å². The van der Waals surface area contributed by atoms with E-state index in [1.54, 1.807) is 24.3 Å². The summed E-state index contributed by atoms with van der Waals surface area (Å²) < 4.78 is 18.7. The molecule has 2 amide bonds. The molecular weight excluding hydrogens is 399 g/mol. The summed E-state index contributed by atoms with van der Waals surface area (Å²) in [7, 11) is 1.48. The van der Waals surface area contributed by atoms with Crippen LogP contribution in [0.4, 0.5) is 10.1 Å². The summed E-state index contributed by atoms with van der Waals surface area (Å²) in [6.07, 6.45) is 2.92. The molecule has 0 spiro atoms. The van der Waals surface area contributed by atoms with Crippen molar-refractivity contribution in [1.82, 2.24) is 4.90 Å². The van der Waals surface area contributed by atoms with Crippen molar-refractivity contribution in [1.29, 1.82) is 0 Å². The van der Waals surface area contributed by atoms with Crippen molar-refractivity contribution >= 4 is 23.5 Å². The van der Waals surface area contributed by atoms with E-state index in [1.165, 1.54) is 24.1 Å². The Morgan fingerprint density at radius 1 is 1.03 bits per heavy atom. The number of anilines is 1. The minimum absolute atomic E-state index is 0.159. The highest BCUT2D eigenvalue weighted by Crippen LogP contribution is 2.42. The first-order chi connectivity index (χ1) is 14.8. The smallest absolute Gasteiger partial charge is 0.317 e. The fourth-order valence-electron chi connectivity index (χ4n) is 3.87. The SMILES string of the molecule is Cc1ccc(NC(=O)CN(C)C(=O)COC(=O)C2(c3ccc(F)cc3)CCCC2)cc1. The van der Waals surface area contributed by atoms with Crippen LogP contribution in [0.2, 0.25) is 0 Å². The van der Waals surface area contributed by atoms with Crippen LogP contribution in [0.5, 0.6) is 0 Å². The minimum Gasteiger partial charge on any atom is -0.455 e. The molecule has 1 fully saturated rings. The summed E-state index contributed by atoms with van der Waals surface area (Å²) in [6.45, 7) is 1.34. The number of nitrogens with zero attached hydrogens (tertiary/aromatic N) is 1. The summed E-state index contributed by atoms with van der Waals surface area (Å²) in [4.78, 5) is 38.7. The highest BCUT2D eigenvalue weighted by molar-refractivity contribution is 5.95. The Kier molecular flexibility index (Phi) is 7.05. The van der Waals surface area contributed by atoms with Gasteiger partial charge < -0.3 is 15.0 Å². The Labute approximate surface area is 181 Å². The number of hydrogen-bond acceptors (Lipinski definition) is 4. The van der Waals surface area contributed by atoms with Crippen molar-refractivity contribution in [2.75, 3.05) is 25.5 Å². The zero-order chi connectivity index (χ0) is 22.4. The van der Waals surface area contributed by atoms with Crippen LogP contribution in [-0.2, 0) is 24.5 Å². The van der Waals surface area contributed by atoms with Crippen molar-refractivity contribution in [3.8, 4) is 0 Å². The minimum atomic E-state index is -0.852. The van der Waals surface area contributed by atoms with Crippen LogP contribution in [-0.4, -0.2) is 42.9 Å². The first-order valence-electron chi connectivity index (χ1n) is 10.3. The topological polar surface area (TPSA) is 75.7 Å². The predicted molar refractivity (Wildman–Crippen MR) is 115 cm³/mol. The van der Waals surface area contributed by atoms with Crippen molar-refractivity contribution in [2.45, 2.75) is 38.0 Å². The first kappa shape index (κ1) is 22.5. The fourth-order valence-corrected chi connectivity index (χ4v) is 3.87. The average Bonchev–Trinajstić information content (AvgIpc) is 3.25. The number of hydrogen-bond donors (Lipinski definition) is 1. The maximum Gasteiger partial charge on any atom is 0.317 e. The van der Waals surface area contributed by atoms with Crippen molar-refractivity contribution in [2.24, 2.45) is 0 Å². The lowest BCUT2D eigenvalue weighted by Crippen LogP contribution is -2.40. The van der Waals surface area contributed by atoms with Crippen LogP contribution < -0.4 is 5.32 Å². The van der Waals surface area contributed by atoms with Gasteiger partial charge in [-0.2, -0.15) is 0 Å². The van der Waals surface area contributed by atoms with E-state index in [-0.39, 0.29) is 18.3 Å². The number of rotatable bonds is 7. The van der Waals surface area contributed by atoms with Gasteiger partial charge in [-0.25, -0.2) is 4.39 Å². The van der Waals surface area contributed by atoms with E-state index in [2.05, 4.69) is 5.32 Å². The number of aryl methyl sites for hydroxylation is 1. The van der Waals surface area contributed by atoms with Gasteiger partial charge in [0.05, 0.1) is 12.0 Å². The standard InChI is InChI=1S/C24H27FN2O4/c1-17-5-11-20(12-6-17)26-21(28)15-27(2)22(29)16-31-23(30)24(13-3-4-14-24)18-7-9-19(25)10-8-18/h5-12H,3-4,13-16H2,1-2H3,(H,26,28). The third kappa shape index (κ3) is 5.48. The van der Waals surface area contributed by atoms with Crippen molar-refractivity contribution in [3.05, 3.63) is 65.5 Å². The molecule has 0 radical (unpaired) electrons. The molecule has 7 heteroatoms. The number of esters is 1. The second-order valence-corrected chi connectivity index (χ2v) is 8.04. The number of amides is 2. The van der Waals surface area contributed by atoms with Gasteiger partial charge in [-0.15, -0.1) is 0 Å². The maximum atomic E-state index is 13.3. The number of likely N-dealkylation sites (N-methyl/N-ethyl adjacent to an activating group) is 1. The molecule has 1 saturated carbocycles. The molecule has 31 heavy (non-hydrogen) atoms. The van der Waals surface area contributed by atoms with E-state index in [0.29, 0.717) is 24.1 Å². The van der Waals surface area contributed by atoms with Gasteiger partial charge in [0.25, 0.3) is 5.91 Å².